The van der Waals surface area contributed by atoms with Crippen molar-refractivity contribution in [3.8, 4) is 11.4 Å². The maximum atomic E-state index is 8.15. The van der Waals surface area contributed by atoms with Gasteiger partial charge in [-0.15, -0.1) is 0 Å². The number of nitrogens with zero attached hydrogens (tertiary/aromatic N) is 3. The summed E-state index contributed by atoms with van der Waals surface area (Å²) in [5.74, 6) is 0. The molecule has 0 spiro atoms. The predicted molar refractivity (Wildman–Crippen MR) is 209 cm³/mol. The summed E-state index contributed by atoms with van der Waals surface area (Å²) >= 11 is 0. The van der Waals surface area contributed by atoms with Crippen molar-refractivity contribution in [2.45, 2.75) is 6.85 Å². The van der Waals surface area contributed by atoms with Crippen molar-refractivity contribution in [1.82, 2.24) is 9.13 Å². The van der Waals surface area contributed by atoms with E-state index in [1.165, 1.54) is 43.5 Å². The van der Waals surface area contributed by atoms with Gasteiger partial charge in [0.15, 0.2) is 0 Å². The number of benzene rings is 7. The molecule has 4 nitrogen and oxygen atoms in total. The van der Waals surface area contributed by atoms with Gasteiger partial charge in [0.2, 0.25) is 0 Å². The van der Waals surface area contributed by atoms with E-state index >= 15 is 0 Å². The molecule has 0 saturated carbocycles. The fraction of sp³-hybridized carbons (Fsp3) is 0.0222. The van der Waals surface area contributed by atoms with Crippen LogP contribution in [0.4, 0.5) is 17.1 Å². The normalized spacial score (nSPS) is 14.4. The number of para-hydroxylation sites is 4. The fourth-order valence-electron chi connectivity index (χ4n) is 9.11. The Morgan fingerprint density at radius 2 is 1.30 bits per heavy atom. The molecule has 5 heteroatoms. The van der Waals surface area contributed by atoms with Crippen LogP contribution < -0.4 is 21.5 Å². The number of anilines is 3. The van der Waals surface area contributed by atoms with Gasteiger partial charge in [0.25, 0.3) is 6.71 Å². The van der Waals surface area contributed by atoms with Gasteiger partial charge in [-0.2, -0.15) is 0 Å². The molecule has 50 heavy (non-hydrogen) atoms. The predicted octanol–water partition coefficient (Wildman–Crippen LogP) is 9.55. The summed E-state index contributed by atoms with van der Waals surface area (Å²) in [7, 11) is 0. The molecule has 0 unspecified atom stereocenters. The van der Waals surface area contributed by atoms with Crippen molar-refractivity contribution in [3.63, 3.8) is 0 Å². The molecule has 2 aliphatic heterocycles. The summed E-state index contributed by atoms with van der Waals surface area (Å²) in [6, 6.07) is 53.0. The number of rotatable bonds is 2. The van der Waals surface area contributed by atoms with Gasteiger partial charge in [-0.25, -0.2) is 0 Å². The SMILES string of the molecule is [2H]C([2H])([2H])c1ccc2c3c(oc2c1)B1c2c(cccc2-n2c4ccc5c6ccccc6n(-c6ccccc6)c5c4c4cccc1c42)N3c1ccccc1. The van der Waals surface area contributed by atoms with Crippen LogP contribution in [0.1, 0.15) is 9.68 Å². The topological polar surface area (TPSA) is 26.2 Å². The van der Waals surface area contributed by atoms with Crippen LogP contribution in [0.3, 0.4) is 0 Å². The summed E-state index contributed by atoms with van der Waals surface area (Å²) in [5.41, 5.74) is 14.0. The maximum absolute atomic E-state index is 8.15. The summed E-state index contributed by atoms with van der Waals surface area (Å²) in [5, 5.41) is 5.73. The zero-order valence-corrected chi connectivity index (χ0v) is 26.8. The third kappa shape index (κ3) is 3.18. The van der Waals surface area contributed by atoms with Gasteiger partial charge in [-0.3, -0.25) is 0 Å². The number of furan rings is 1. The van der Waals surface area contributed by atoms with Crippen LogP contribution in [0.5, 0.6) is 0 Å². The monoisotopic (exact) mass is 640 g/mol. The Morgan fingerprint density at radius 1 is 0.560 bits per heavy atom. The zero-order chi connectivity index (χ0) is 35.2. The van der Waals surface area contributed by atoms with Crippen LogP contribution >= 0.6 is 0 Å². The van der Waals surface area contributed by atoms with Crippen LogP contribution in [0, 0.1) is 6.85 Å². The first kappa shape index (κ1) is 23.8. The Hall–Kier alpha value is -6.46. The van der Waals surface area contributed by atoms with Gasteiger partial charge in [0.05, 0.1) is 27.9 Å². The second-order valence-corrected chi connectivity index (χ2v) is 13.5. The molecule has 10 aromatic rings. The average molecular weight is 641 g/mol. The van der Waals surface area contributed by atoms with Crippen molar-refractivity contribution >= 4 is 94.9 Å². The summed E-state index contributed by atoms with van der Waals surface area (Å²) in [6.07, 6.45) is 0. The van der Waals surface area contributed by atoms with E-state index < -0.39 is 6.85 Å². The van der Waals surface area contributed by atoms with Crippen molar-refractivity contribution in [1.29, 1.82) is 0 Å². The lowest BCUT2D eigenvalue weighted by Crippen LogP contribution is -2.59. The van der Waals surface area contributed by atoms with E-state index in [2.05, 4.69) is 141 Å². The van der Waals surface area contributed by atoms with E-state index in [9.17, 15) is 0 Å². The third-order valence-electron chi connectivity index (χ3n) is 11.0. The average Bonchev–Trinajstić information content (AvgIpc) is 3.85. The first-order valence-electron chi connectivity index (χ1n) is 18.6. The third-order valence-corrected chi connectivity index (χ3v) is 11.0. The molecule has 12 rings (SSSR count). The molecule has 0 saturated heterocycles. The van der Waals surface area contributed by atoms with E-state index in [1.54, 1.807) is 12.1 Å². The number of hydrogen-bond donors (Lipinski definition) is 0. The van der Waals surface area contributed by atoms with Crippen LogP contribution in [-0.4, -0.2) is 15.8 Å². The maximum Gasteiger partial charge on any atom is 0.297 e. The van der Waals surface area contributed by atoms with Crippen LogP contribution in [0.15, 0.2) is 156 Å². The summed E-state index contributed by atoms with van der Waals surface area (Å²) in [4.78, 5) is 2.30. The van der Waals surface area contributed by atoms with E-state index in [1.807, 2.05) is 12.1 Å². The Labute approximate surface area is 292 Å². The molecular weight excluding hydrogens is 609 g/mol. The first-order valence-corrected chi connectivity index (χ1v) is 17.1. The Bertz CT molecular complexity index is 3180. The second kappa shape index (κ2) is 9.37. The molecule has 0 atom stereocenters. The Balaban J connectivity index is 1.25. The van der Waals surface area contributed by atoms with E-state index in [0.29, 0.717) is 5.58 Å². The van der Waals surface area contributed by atoms with E-state index in [4.69, 9.17) is 8.53 Å². The highest BCUT2D eigenvalue weighted by atomic mass is 16.3. The van der Waals surface area contributed by atoms with Crippen molar-refractivity contribution < 1.29 is 8.53 Å². The molecule has 0 aliphatic carbocycles. The molecule has 0 fully saturated rings. The highest BCUT2D eigenvalue weighted by molar-refractivity contribution is 7.00. The van der Waals surface area contributed by atoms with Crippen LogP contribution in [-0.2, 0) is 0 Å². The number of aromatic nitrogens is 2. The van der Waals surface area contributed by atoms with Gasteiger partial charge in [-0.1, -0.05) is 91.0 Å². The molecule has 7 aromatic carbocycles. The molecule has 5 heterocycles. The second-order valence-electron chi connectivity index (χ2n) is 13.5. The van der Waals surface area contributed by atoms with E-state index in [-0.39, 0.29) is 12.3 Å². The molecule has 0 radical (unpaired) electrons. The van der Waals surface area contributed by atoms with Gasteiger partial charge >= 0.3 is 0 Å². The van der Waals surface area contributed by atoms with Crippen LogP contribution in [0.2, 0.25) is 0 Å². The quantitative estimate of drug-likeness (QED) is 0.176. The van der Waals surface area contributed by atoms with Gasteiger partial charge < -0.3 is 18.5 Å². The zero-order valence-electron chi connectivity index (χ0n) is 29.8. The summed E-state index contributed by atoms with van der Waals surface area (Å²) < 4.78 is 36.3. The minimum Gasteiger partial charge on any atom is -0.468 e. The highest BCUT2D eigenvalue weighted by Gasteiger charge is 2.45. The summed E-state index contributed by atoms with van der Waals surface area (Å²) in [6.45, 7) is -2.46. The van der Waals surface area contributed by atoms with Gasteiger partial charge in [-0.05, 0) is 84.0 Å². The molecule has 0 bridgehead atoms. The number of fused-ring (bicyclic) bond motifs is 13. The minimum atomic E-state index is -2.25. The smallest absolute Gasteiger partial charge is 0.297 e. The largest absolute Gasteiger partial charge is 0.468 e. The number of aryl methyl sites for hydroxylation is 1. The van der Waals surface area contributed by atoms with Crippen molar-refractivity contribution in [3.05, 3.63) is 157 Å². The lowest BCUT2D eigenvalue weighted by atomic mass is 9.36. The Morgan fingerprint density at radius 3 is 2.16 bits per heavy atom. The van der Waals surface area contributed by atoms with Crippen molar-refractivity contribution in [2.24, 2.45) is 0 Å². The molecule has 0 amide bonds. The van der Waals surface area contributed by atoms with Crippen LogP contribution in [0.25, 0.3) is 66.0 Å². The van der Waals surface area contributed by atoms with Gasteiger partial charge in [0.1, 0.15) is 5.58 Å². The Kier molecular flexibility index (Phi) is 4.46. The first-order chi connectivity index (χ1) is 26.0. The minimum absolute atomic E-state index is 0.212. The highest BCUT2D eigenvalue weighted by Crippen LogP contribution is 2.46. The van der Waals surface area contributed by atoms with E-state index in [0.717, 1.165) is 50.5 Å². The lowest BCUT2D eigenvalue weighted by molar-refractivity contribution is 0.651. The molecular formula is C45H28BN3O. The molecule has 3 aromatic heterocycles. The van der Waals surface area contributed by atoms with Gasteiger partial charge in [0, 0.05) is 59.3 Å². The lowest BCUT2D eigenvalue weighted by Gasteiger charge is -2.37. The fourth-order valence-corrected chi connectivity index (χ4v) is 9.11. The molecule has 2 aliphatic rings. The molecule has 232 valence electrons. The molecule has 0 N–H and O–H groups in total. The number of hydrogen-bond acceptors (Lipinski definition) is 2. The van der Waals surface area contributed by atoms with Crippen molar-refractivity contribution in [2.75, 3.05) is 4.90 Å². The standard InChI is InChI=1S/C45H28BN3O/c1-27-22-23-32-39(26-27)50-45-44(32)48(29-14-6-3-7-15-29)37-20-11-21-38-41(37)46(45)34-18-10-17-33-40-36(49(38)42(33)34)25-24-31-30-16-8-9-19-35(30)47(43(31)40)28-12-4-2-5-13-28/h2-26H,1H3/i1D3.